The number of hydrogen-bond donors (Lipinski definition) is 1. The zero-order valence-electron chi connectivity index (χ0n) is 37.0. The predicted octanol–water partition coefficient (Wildman–Crippen LogP) is 13.4. The number of rotatable bonds is 7. The molecule has 0 saturated carbocycles. The third-order valence-corrected chi connectivity index (χ3v) is 10.3. The summed E-state index contributed by atoms with van der Waals surface area (Å²) >= 11 is 0. The average molecular weight is 730 g/mol. The molecule has 0 bridgehead atoms. The summed E-state index contributed by atoms with van der Waals surface area (Å²) in [5, 5.41) is 11.7. The van der Waals surface area contributed by atoms with Gasteiger partial charge in [0.25, 0.3) is 0 Å². The SMILES string of the molecule is [2H]C([2H])([2H])c1ccc(-c2ccnc(-c3cc(-c4ccccc4)cc(-c4cccc5c4nc(-c4cc(C)cc(C)c4O)n5-c4cc(-c5ccccc5)cc(C([2H])([2H])[2H])c4)c3)c2)cc1. The van der Waals surface area contributed by atoms with Crippen LogP contribution in [-0.4, -0.2) is 19.6 Å². The van der Waals surface area contributed by atoms with Crippen molar-refractivity contribution in [2.75, 3.05) is 0 Å². The lowest BCUT2D eigenvalue weighted by Crippen LogP contribution is -2.00. The van der Waals surface area contributed by atoms with Gasteiger partial charge in [0.15, 0.2) is 0 Å². The van der Waals surface area contributed by atoms with E-state index in [1.165, 1.54) is 0 Å². The standard InChI is InChI=1S/C52H41N3O/c1-33-18-20-39(21-19-33)40-22-23-53-48(32-40)44-29-42(38-14-9-6-10-15-38)28-43(30-44)46-16-11-17-49-50(46)54-52(47-27-34(2)24-36(4)51(47)56)55(49)45-26-35(3)25-41(31-45)37-12-7-5-8-13-37/h5-32,56H,1-4H3/i1D3,3D3. The molecule has 2 heterocycles. The van der Waals surface area contributed by atoms with Crippen LogP contribution in [0.2, 0.25) is 0 Å². The van der Waals surface area contributed by atoms with Crippen molar-refractivity contribution in [3.05, 3.63) is 192 Å². The fourth-order valence-electron chi connectivity index (χ4n) is 7.60. The molecule has 0 aliphatic rings. The van der Waals surface area contributed by atoms with Crippen molar-refractivity contribution in [3.63, 3.8) is 0 Å². The number of aromatic nitrogens is 3. The molecule has 4 nitrogen and oxygen atoms in total. The second kappa shape index (κ2) is 14.3. The van der Waals surface area contributed by atoms with Crippen LogP contribution in [0, 0.1) is 27.6 Å². The minimum absolute atomic E-state index is 0.0938. The third kappa shape index (κ3) is 6.56. The fraction of sp³-hybridized carbons (Fsp3) is 0.0769. The molecule has 0 fully saturated rings. The van der Waals surface area contributed by atoms with Crippen molar-refractivity contribution in [1.82, 2.24) is 14.5 Å². The van der Waals surface area contributed by atoms with Gasteiger partial charge in [-0.25, -0.2) is 4.98 Å². The van der Waals surface area contributed by atoms with E-state index in [2.05, 4.69) is 30.3 Å². The number of aryl methyl sites for hydroxylation is 4. The lowest BCUT2D eigenvalue weighted by atomic mass is 9.93. The molecule has 0 aliphatic carbocycles. The summed E-state index contributed by atoms with van der Waals surface area (Å²) in [7, 11) is 0. The van der Waals surface area contributed by atoms with E-state index in [9.17, 15) is 5.11 Å². The Morgan fingerprint density at radius 1 is 0.500 bits per heavy atom. The number of para-hydroxylation sites is 1. The third-order valence-electron chi connectivity index (χ3n) is 10.3. The lowest BCUT2D eigenvalue weighted by Gasteiger charge is -2.15. The molecule has 0 saturated heterocycles. The largest absolute Gasteiger partial charge is 0.507 e. The van der Waals surface area contributed by atoms with E-state index in [-0.39, 0.29) is 16.9 Å². The normalized spacial score (nSPS) is 13.3. The molecule has 1 N–H and O–H groups in total. The lowest BCUT2D eigenvalue weighted by molar-refractivity contribution is 0.472. The quantitative estimate of drug-likeness (QED) is 0.178. The molecule has 9 aromatic rings. The van der Waals surface area contributed by atoms with Gasteiger partial charge in [0.1, 0.15) is 11.6 Å². The molecular formula is C52H41N3O. The van der Waals surface area contributed by atoms with E-state index in [1.807, 2.05) is 128 Å². The summed E-state index contributed by atoms with van der Waals surface area (Å²) in [6.07, 6.45) is 1.76. The molecule has 9 rings (SSSR count). The van der Waals surface area contributed by atoms with Gasteiger partial charge in [0.2, 0.25) is 0 Å². The van der Waals surface area contributed by atoms with Gasteiger partial charge in [-0.1, -0.05) is 115 Å². The highest BCUT2D eigenvalue weighted by atomic mass is 16.3. The molecule has 0 spiro atoms. The summed E-state index contributed by atoms with van der Waals surface area (Å²) in [4.78, 5) is 10.2. The van der Waals surface area contributed by atoms with Crippen molar-refractivity contribution in [2.45, 2.75) is 27.6 Å². The molecule has 0 aliphatic heterocycles. The maximum Gasteiger partial charge on any atom is 0.149 e. The van der Waals surface area contributed by atoms with E-state index in [0.717, 1.165) is 66.8 Å². The highest BCUT2D eigenvalue weighted by Crippen LogP contribution is 2.41. The highest BCUT2D eigenvalue weighted by Gasteiger charge is 2.22. The van der Waals surface area contributed by atoms with E-state index >= 15 is 0 Å². The van der Waals surface area contributed by atoms with Crippen LogP contribution in [0.3, 0.4) is 0 Å². The molecule has 0 atom stereocenters. The Balaban J connectivity index is 1.29. The Bertz CT molecular complexity index is 3120. The van der Waals surface area contributed by atoms with Crippen LogP contribution in [0.5, 0.6) is 5.75 Å². The zero-order chi connectivity index (χ0) is 43.3. The summed E-state index contributed by atoms with van der Waals surface area (Å²) in [5.74, 6) is 0.563. The van der Waals surface area contributed by atoms with E-state index in [4.69, 9.17) is 18.2 Å². The van der Waals surface area contributed by atoms with E-state index < -0.39 is 13.7 Å². The molecule has 4 heteroatoms. The fourth-order valence-corrected chi connectivity index (χ4v) is 7.60. The Morgan fingerprint density at radius 2 is 1.18 bits per heavy atom. The maximum absolute atomic E-state index is 11.7. The molecule has 0 unspecified atom stereocenters. The van der Waals surface area contributed by atoms with Crippen molar-refractivity contribution in [2.24, 2.45) is 0 Å². The number of hydrogen-bond acceptors (Lipinski definition) is 3. The van der Waals surface area contributed by atoms with Gasteiger partial charge in [0.05, 0.1) is 22.3 Å². The number of fused-ring (bicyclic) bond motifs is 1. The molecule has 7 aromatic carbocycles. The van der Waals surface area contributed by atoms with Crippen molar-refractivity contribution in [1.29, 1.82) is 0 Å². The first-order chi connectivity index (χ1) is 29.7. The molecule has 0 radical (unpaired) electrons. The van der Waals surface area contributed by atoms with Crippen LogP contribution in [-0.2, 0) is 0 Å². The predicted molar refractivity (Wildman–Crippen MR) is 232 cm³/mol. The van der Waals surface area contributed by atoms with Crippen molar-refractivity contribution in [3.8, 4) is 78.6 Å². The number of imidazole rings is 1. The van der Waals surface area contributed by atoms with Crippen LogP contribution in [0.1, 0.15) is 30.5 Å². The molecule has 56 heavy (non-hydrogen) atoms. The average Bonchev–Trinajstić information content (AvgIpc) is 3.67. The number of aromatic hydroxyl groups is 1. The summed E-state index contributed by atoms with van der Waals surface area (Å²) in [5.41, 5.74) is 13.3. The summed E-state index contributed by atoms with van der Waals surface area (Å²) < 4.78 is 50.9. The van der Waals surface area contributed by atoms with Gasteiger partial charge in [-0.3, -0.25) is 9.55 Å². The topological polar surface area (TPSA) is 50.9 Å². The van der Waals surface area contributed by atoms with Crippen LogP contribution < -0.4 is 0 Å². The van der Waals surface area contributed by atoms with Crippen molar-refractivity contribution < 1.29 is 13.3 Å². The second-order valence-corrected chi connectivity index (χ2v) is 14.2. The van der Waals surface area contributed by atoms with E-state index in [0.29, 0.717) is 28.2 Å². The van der Waals surface area contributed by atoms with Gasteiger partial charge in [-0.2, -0.15) is 0 Å². The zero-order valence-corrected chi connectivity index (χ0v) is 31.0. The van der Waals surface area contributed by atoms with Gasteiger partial charge in [-0.05, 0) is 138 Å². The number of phenols is 1. The Morgan fingerprint density at radius 3 is 1.91 bits per heavy atom. The number of pyridine rings is 1. The molecular weight excluding hydrogens is 683 g/mol. The summed E-state index contributed by atoms with van der Waals surface area (Å²) in [6.45, 7) is -0.756. The first-order valence-electron chi connectivity index (χ1n) is 21.5. The molecule has 2 aromatic heterocycles. The number of benzene rings is 7. The van der Waals surface area contributed by atoms with Gasteiger partial charge < -0.3 is 5.11 Å². The smallest absolute Gasteiger partial charge is 0.149 e. The van der Waals surface area contributed by atoms with Crippen LogP contribution >= 0.6 is 0 Å². The van der Waals surface area contributed by atoms with Crippen LogP contribution in [0.4, 0.5) is 0 Å². The van der Waals surface area contributed by atoms with Gasteiger partial charge in [0, 0.05) is 31.2 Å². The molecule has 0 amide bonds. The molecule has 270 valence electrons. The minimum Gasteiger partial charge on any atom is -0.507 e. The van der Waals surface area contributed by atoms with Crippen molar-refractivity contribution >= 4 is 11.0 Å². The highest BCUT2D eigenvalue weighted by molar-refractivity contribution is 5.98. The Kier molecular flexibility index (Phi) is 7.26. The second-order valence-electron chi connectivity index (χ2n) is 14.2. The van der Waals surface area contributed by atoms with Crippen LogP contribution in [0.25, 0.3) is 83.9 Å². The summed E-state index contributed by atoms with van der Waals surface area (Å²) in [6, 6.07) is 52.3. The van der Waals surface area contributed by atoms with E-state index in [1.54, 1.807) is 30.5 Å². The monoisotopic (exact) mass is 729 g/mol. The number of nitrogens with zero attached hydrogens (tertiary/aromatic N) is 3. The first-order valence-corrected chi connectivity index (χ1v) is 18.5. The Hall–Kier alpha value is -7.04. The van der Waals surface area contributed by atoms with Crippen LogP contribution in [0.15, 0.2) is 170 Å². The van der Waals surface area contributed by atoms with Gasteiger partial charge in [-0.15, -0.1) is 0 Å². The first kappa shape index (κ1) is 28.4. The Labute approximate surface area is 336 Å². The number of phenolic OH excluding ortho intramolecular Hbond substituents is 1. The minimum atomic E-state index is -2.40. The van der Waals surface area contributed by atoms with Gasteiger partial charge >= 0.3 is 0 Å². The maximum atomic E-state index is 11.7.